The van der Waals surface area contributed by atoms with E-state index in [0.29, 0.717) is 17.6 Å². The van der Waals surface area contributed by atoms with Crippen LogP contribution in [0.5, 0.6) is 0 Å². The highest BCUT2D eigenvalue weighted by atomic mass is 16.2. The monoisotopic (exact) mass is 261 g/mol. The summed E-state index contributed by atoms with van der Waals surface area (Å²) in [5, 5.41) is 8.25. The minimum Gasteiger partial charge on any atom is -0.399 e. The molecule has 2 rings (SSSR count). The number of anilines is 2. The van der Waals surface area contributed by atoms with E-state index in [1.807, 2.05) is 12.1 Å². The number of hydrogen-bond donors (Lipinski definition) is 4. The van der Waals surface area contributed by atoms with E-state index in [0.717, 1.165) is 12.2 Å². The summed E-state index contributed by atoms with van der Waals surface area (Å²) < 4.78 is 0. The predicted octanol–water partition coefficient (Wildman–Crippen LogP) is 1.38. The summed E-state index contributed by atoms with van der Waals surface area (Å²) >= 11 is 0. The number of carbonyl (C=O) groups excluding carboxylic acids is 1. The van der Waals surface area contributed by atoms with Crippen LogP contribution >= 0.6 is 0 Å². The number of nitrogen functional groups attached to an aromatic ring is 1. The molecule has 6 heteroatoms. The van der Waals surface area contributed by atoms with E-state index in [1.165, 1.54) is 12.8 Å². The van der Waals surface area contributed by atoms with Crippen LogP contribution in [0.4, 0.5) is 16.2 Å². The van der Waals surface area contributed by atoms with Crippen LogP contribution in [0.3, 0.4) is 0 Å². The molecular weight excluding hydrogens is 242 g/mol. The first-order valence-corrected chi connectivity index (χ1v) is 6.33. The van der Waals surface area contributed by atoms with Crippen molar-refractivity contribution in [3.8, 4) is 0 Å². The number of nitrogens with one attached hydrogen (secondary N) is 3. The molecule has 0 atom stereocenters. The van der Waals surface area contributed by atoms with E-state index < -0.39 is 0 Å². The zero-order valence-corrected chi connectivity index (χ0v) is 10.9. The molecule has 5 N–H and O–H groups in total. The van der Waals surface area contributed by atoms with Crippen LogP contribution in [0.1, 0.15) is 12.8 Å². The zero-order valence-electron chi connectivity index (χ0n) is 10.9. The molecular formula is C13H19N5O. The Balaban J connectivity index is 2.00. The summed E-state index contributed by atoms with van der Waals surface area (Å²) in [6.07, 6.45) is 2.44. The maximum absolute atomic E-state index is 11.4. The average molecular weight is 261 g/mol. The van der Waals surface area contributed by atoms with Gasteiger partial charge >= 0.3 is 6.03 Å². The minimum atomic E-state index is -0.294. The van der Waals surface area contributed by atoms with Crippen LogP contribution in [-0.4, -0.2) is 25.6 Å². The van der Waals surface area contributed by atoms with Crippen LogP contribution in [-0.2, 0) is 0 Å². The molecule has 0 spiro atoms. The zero-order chi connectivity index (χ0) is 13.7. The number of rotatable bonds is 3. The first-order valence-electron chi connectivity index (χ1n) is 6.33. The smallest absolute Gasteiger partial charge is 0.321 e. The number of nitrogens with two attached hydrogens (primary N) is 1. The molecule has 1 fully saturated rings. The summed E-state index contributed by atoms with van der Waals surface area (Å²) in [5.74, 6) is 1.12. The lowest BCUT2D eigenvalue weighted by Crippen LogP contribution is -2.41. The van der Waals surface area contributed by atoms with Gasteiger partial charge in [-0.25, -0.2) is 4.79 Å². The highest BCUT2D eigenvalue weighted by molar-refractivity contribution is 6.03. The summed E-state index contributed by atoms with van der Waals surface area (Å²) in [4.78, 5) is 15.8. The summed E-state index contributed by atoms with van der Waals surface area (Å²) in [6, 6.07) is 6.97. The lowest BCUT2D eigenvalue weighted by atomic mass is 10.3. The Morgan fingerprint density at radius 1 is 1.37 bits per heavy atom. The summed E-state index contributed by atoms with van der Waals surface area (Å²) in [6.45, 7) is 0.737. The van der Waals surface area contributed by atoms with Crippen LogP contribution in [0.2, 0.25) is 0 Å². The molecule has 0 radical (unpaired) electrons. The highest BCUT2D eigenvalue weighted by Gasteiger charge is 2.20. The molecule has 0 unspecified atom stereocenters. The van der Waals surface area contributed by atoms with Gasteiger partial charge in [0.25, 0.3) is 0 Å². The van der Waals surface area contributed by atoms with Crippen LogP contribution in [0.25, 0.3) is 0 Å². The van der Waals surface area contributed by atoms with Gasteiger partial charge in [0, 0.05) is 25.0 Å². The van der Waals surface area contributed by atoms with Crippen molar-refractivity contribution in [3.05, 3.63) is 24.3 Å². The summed E-state index contributed by atoms with van der Waals surface area (Å²) in [5.41, 5.74) is 7.16. The first kappa shape index (κ1) is 13.2. The Labute approximate surface area is 112 Å². The Morgan fingerprint density at radius 3 is 2.63 bits per heavy atom. The third kappa shape index (κ3) is 4.50. The molecule has 1 aromatic carbocycles. The molecule has 0 aliphatic heterocycles. The Morgan fingerprint density at radius 2 is 2.05 bits per heavy atom. The van der Waals surface area contributed by atoms with Crippen LogP contribution < -0.4 is 21.7 Å². The highest BCUT2D eigenvalue weighted by Crippen LogP contribution is 2.28. The summed E-state index contributed by atoms with van der Waals surface area (Å²) in [7, 11) is 1.57. The van der Waals surface area contributed by atoms with Crippen molar-refractivity contribution in [3.63, 3.8) is 0 Å². The molecule has 1 saturated carbocycles. The van der Waals surface area contributed by atoms with Gasteiger partial charge in [-0.3, -0.25) is 10.3 Å². The number of amides is 2. The van der Waals surface area contributed by atoms with E-state index in [9.17, 15) is 4.79 Å². The van der Waals surface area contributed by atoms with Crippen molar-refractivity contribution in [2.75, 3.05) is 24.6 Å². The fourth-order valence-corrected chi connectivity index (χ4v) is 1.50. The quantitative estimate of drug-likeness (QED) is 0.376. The molecule has 102 valence electrons. The predicted molar refractivity (Wildman–Crippen MR) is 77.1 cm³/mol. The van der Waals surface area contributed by atoms with Gasteiger partial charge in [-0.15, -0.1) is 0 Å². The lowest BCUT2D eigenvalue weighted by Gasteiger charge is -2.11. The van der Waals surface area contributed by atoms with E-state index in [-0.39, 0.29) is 6.03 Å². The Hall–Kier alpha value is -2.24. The van der Waals surface area contributed by atoms with Crippen molar-refractivity contribution in [1.29, 1.82) is 0 Å². The fourth-order valence-electron chi connectivity index (χ4n) is 1.50. The SMILES string of the molecule is CNC(=O)NC(=NCC1CC1)Nc1ccc(N)cc1. The molecule has 6 nitrogen and oxygen atoms in total. The third-order valence-electron chi connectivity index (χ3n) is 2.84. The molecule has 2 amide bonds. The second kappa shape index (κ2) is 6.08. The third-order valence-corrected chi connectivity index (χ3v) is 2.84. The van der Waals surface area contributed by atoms with Crippen molar-refractivity contribution in [2.24, 2.45) is 10.9 Å². The molecule has 0 saturated heterocycles. The second-order valence-corrected chi connectivity index (χ2v) is 4.58. The van der Waals surface area contributed by atoms with Crippen molar-refractivity contribution >= 4 is 23.4 Å². The van der Waals surface area contributed by atoms with Gasteiger partial charge in [0.1, 0.15) is 0 Å². The van der Waals surface area contributed by atoms with Gasteiger partial charge in [0.15, 0.2) is 0 Å². The normalized spacial score (nSPS) is 14.9. The number of guanidine groups is 1. The van der Waals surface area contributed by atoms with Gasteiger partial charge in [-0.1, -0.05) is 0 Å². The van der Waals surface area contributed by atoms with Crippen molar-refractivity contribution in [1.82, 2.24) is 10.6 Å². The number of carbonyl (C=O) groups is 1. The Kier molecular flexibility index (Phi) is 4.22. The number of urea groups is 1. The van der Waals surface area contributed by atoms with E-state index in [2.05, 4.69) is 20.9 Å². The minimum absolute atomic E-state index is 0.294. The Bertz CT molecular complexity index is 464. The maximum atomic E-state index is 11.4. The molecule has 0 bridgehead atoms. The number of hydrogen-bond acceptors (Lipinski definition) is 3. The van der Waals surface area contributed by atoms with Crippen LogP contribution in [0, 0.1) is 5.92 Å². The van der Waals surface area contributed by atoms with Crippen LogP contribution in [0.15, 0.2) is 29.3 Å². The average Bonchev–Trinajstić information content (AvgIpc) is 3.22. The van der Waals surface area contributed by atoms with Gasteiger partial charge in [0.05, 0.1) is 0 Å². The standard InChI is InChI=1S/C13H19N5O/c1-15-13(19)18-12(16-8-9-2-3-9)17-11-6-4-10(14)5-7-11/h4-7,9H,2-3,8,14H2,1H3,(H3,15,16,17,18,19). The van der Waals surface area contributed by atoms with Gasteiger partial charge in [-0.2, -0.15) is 0 Å². The maximum Gasteiger partial charge on any atom is 0.321 e. The largest absolute Gasteiger partial charge is 0.399 e. The second-order valence-electron chi connectivity index (χ2n) is 4.58. The van der Waals surface area contributed by atoms with E-state index >= 15 is 0 Å². The fraction of sp³-hybridized carbons (Fsp3) is 0.385. The van der Waals surface area contributed by atoms with Gasteiger partial charge in [-0.05, 0) is 43.0 Å². The molecule has 19 heavy (non-hydrogen) atoms. The van der Waals surface area contributed by atoms with Crippen molar-refractivity contribution < 1.29 is 4.79 Å². The van der Waals surface area contributed by atoms with Gasteiger partial charge < -0.3 is 16.4 Å². The molecule has 1 aromatic rings. The molecule has 1 aliphatic rings. The number of aliphatic imine (C=N–C) groups is 1. The molecule has 0 heterocycles. The van der Waals surface area contributed by atoms with E-state index in [4.69, 9.17) is 5.73 Å². The first-order chi connectivity index (χ1) is 9.17. The van der Waals surface area contributed by atoms with Gasteiger partial charge in [0.2, 0.25) is 5.96 Å². The number of benzene rings is 1. The van der Waals surface area contributed by atoms with Crippen molar-refractivity contribution in [2.45, 2.75) is 12.8 Å². The molecule has 0 aromatic heterocycles. The molecule has 1 aliphatic carbocycles. The van der Waals surface area contributed by atoms with E-state index in [1.54, 1.807) is 19.2 Å². The topological polar surface area (TPSA) is 91.5 Å². The lowest BCUT2D eigenvalue weighted by molar-refractivity contribution is 0.247. The number of nitrogens with zero attached hydrogens (tertiary/aromatic N) is 1.